The zero-order chi connectivity index (χ0) is 16.3. The van der Waals surface area contributed by atoms with Gasteiger partial charge in [0.05, 0.1) is 7.11 Å². The average molecular weight is 321 g/mol. The van der Waals surface area contributed by atoms with Crippen LogP contribution in [0.25, 0.3) is 0 Å². The lowest BCUT2D eigenvalue weighted by Gasteiger charge is -2.22. The first-order valence-corrected chi connectivity index (χ1v) is 7.48. The van der Waals surface area contributed by atoms with Gasteiger partial charge < -0.3 is 15.0 Å². The summed E-state index contributed by atoms with van der Waals surface area (Å²) in [6.07, 6.45) is 0. The minimum Gasteiger partial charge on any atom is -0.497 e. The zero-order valence-corrected chi connectivity index (χ0v) is 14.3. The maximum atomic E-state index is 6.47. The Morgan fingerprint density at radius 2 is 1.82 bits per heavy atom. The fourth-order valence-electron chi connectivity index (χ4n) is 2.06. The predicted molar refractivity (Wildman–Crippen MR) is 91.6 cm³/mol. The number of benzene rings is 1. The smallest absolute Gasteiger partial charge is 0.157 e. The fourth-order valence-corrected chi connectivity index (χ4v) is 2.33. The van der Waals surface area contributed by atoms with Crippen LogP contribution >= 0.6 is 11.6 Å². The maximum absolute atomic E-state index is 6.47. The molecule has 0 spiro atoms. The second kappa shape index (κ2) is 6.83. The maximum Gasteiger partial charge on any atom is 0.157 e. The third kappa shape index (κ3) is 3.60. The molecule has 5 nitrogen and oxygen atoms in total. The van der Waals surface area contributed by atoms with Gasteiger partial charge in [-0.1, -0.05) is 11.6 Å². The van der Waals surface area contributed by atoms with Crippen LogP contribution in [0.2, 0.25) is 5.02 Å². The van der Waals surface area contributed by atoms with Gasteiger partial charge in [-0.25, -0.2) is 9.97 Å². The van der Waals surface area contributed by atoms with Gasteiger partial charge in [-0.15, -0.1) is 0 Å². The van der Waals surface area contributed by atoms with E-state index in [1.165, 1.54) is 0 Å². The Kier molecular flexibility index (Phi) is 5.08. The number of aryl methyl sites for hydroxylation is 1. The predicted octanol–water partition coefficient (Wildman–Crippen LogP) is 4.04. The van der Waals surface area contributed by atoms with E-state index in [1.807, 2.05) is 57.0 Å². The number of aromatic nitrogens is 2. The van der Waals surface area contributed by atoms with Gasteiger partial charge in [-0.2, -0.15) is 0 Å². The molecule has 1 heterocycles. The van der Waals surface area contributed by atoms with Gasteiger partial charge in [-0.3, -0.25) is 0 Å². The molecule has 2 rings (SSSR count). The first-order chi connectivity index (χ1) is 10.4. The normalized spacial score (nSPS) is 10.7. The Bertz CT molecular complexity index is 643. The lowest BCUT2D eigenvalue weighted by molar-refractivity contribution is 0.415. The summed E-state index contributed by atoms with van der Waals surface area (Å²) in [4.78, 5) is 10.8. The number of hydrogen-bond acceptors (Lipinski definition) is 5. The first kappa shape index (κ1) is 16.4. The van der Waals surface area contributed by atoms with Gasteiger partial charge in [0.25, 0.3) is 0 Å². The molecule has 0 atom stereocenters. The van der Waals surface area contributed by atoms with Crippen molar-refractivity contribution in [2.24, 2.45) is 0 Å². The Labute approximate surface area is 136 Å². The molecule has 22 heavy (non-hydrogen) atoms. The van der Waals surface area contributed by atoms with Crippen LogP contribution in [0.15, 0.2) is 24.3 Å². The molecular formula is C16H21ClN4O. The summed E-state index contributed by atoms with van der Waals surface area (Å²) >= 11 is 6.47. The van der Waals surface area contributed by atoms with Crippen LogP contribution in [-0.2, 0) is 0 Å². The number of nitrogens with one attached hydrogen (secondary N) is 1. The van der Waals surface area contributed by atoms with Crippen LogP contribution in [0.5, 0.6) is 5.75 Å². The van der Waals surface area contributed by atoms with Crippen LogP contribution in [0.4, 0.5) is 17.3 Å². The number of halogens is 1. The highest BCUT2D eigenvalue weighted by Crippen LogP contribution is 2.34. The SMILES string of the molecule is COc1ccc(N(C)c2nc(C)nc(NC(C)C)c2Cl)cc1. The highest BCUT2D eigenvalue weighted by atomic mass is 35.5. The fraction of sp³-hybridized carbons (Fsp3) is 0.375. The third-order valence-electron chi connectivity index (χ3n) is 3.15. The molecule has 0 fully saturated rings. The van der Waals surface area contributed by atoms with E-state index in [-0.39, 0.29) is 6.04 Å². The molecule has 0 radical (unpaired) electrons. The van der Waals surface area contributed by atoms with Crippen molar-refractivity contribution in [2.45, 2.75) is 26.8 Å². The third-order valence-corrected chi connectivity index (χ3v) is 3.50. The number of nitrogens with zero attached hydrogens (tertiary/aromatic N) is 3. The van der Waals surface area contributed by atoms with E-state index in [0.29, 0.717) is 22.5 Å². The summed E-state index contributed by atoms with van der Waals surface area (Å²) in [5.74, 6) is 2.80. The molecule has 0 bridgehead atoms. The molecular weight excluding hydrogens is 300 g/mol. The van der Waals surface area contributed by atoms with Crippen LogP contribution in [-0.4, -0.2) is 30.2 Å². The van der Waals surface area contributed by atoms with E-state index in [4.69, 9.17) is 16.3 Å². The summed E-state index contributed by atoms with van der Waals surface area (Å²) in [6, 6.07) is 7.97. The van der Waals surface area contributed by atoms with Crippen molar-refractivity contribution in [1.82, 2.24) is 9.97 Å². The molecule has 0 aliphatic carbocycles. The summed E-state index contributed by atoms with van der Waals surface area (Å²) in [6.45, 7) is 5.94. The van der Waals surface area contributed by atoms with Crippen molar-refractivity contribution in [2.75, 3.05) is 24.4 Å². The van der Waals surface area contributed by atoms with Crippen molar-refractivity contribution >= 4 is 28.9 Å². The van der Waals surface area contributed by atoms with Crippen molar-refractivity contribution in [1.29, 1.82) is 0 Å². The number of methoxy groups -OCH3 is 1. The molecule has 1 aromatic carbocycles. The minimum absolute atomic E-state index is 0.242. The molecule has 2 aromatic rings. The highest BCUT2D eigenvalue weighted by Gasteiger charge is 2.16. The molecule has 0 aliphatic heterocycles. The molecule has 0 saturated heterocycles. The summed E-state index contributed by atoms with van der Waals surface area (Å²) < 4.78 is 5.18. The largest absolute Gasteiger partial charge is 0.497 e. The van der Waals surface area contributed by atoms with E-state index >= 15 is 0 Å². The van der Waals surface area contributed by atoms with E-state index in [9.17, 15) is 0 Å². The van der Waals surface area contributed by atoms with Gasteiger partial charge in [-0.05, 0) is 45.0 Å². The Balaban J connectivity index is 2.39. The van der Waals surface area contributed by atoms with Gasteiger partial charge in [0.1, 0.15) is 16.6 Å². The van der Waals surface area contributed by atoms with Crippen molar-refractivity contribution in [3.8, 4) is 5.75 Å². The van der Waals surface area contributed by atoms with E-state index < -0.39 is 0 Å². The van der Waals surface area contributed by atoms with Crippen LogP contribution in [0.3, 0.4) is 0 Å². The zero-order valence-electron chi connectivity index (χ0n) is 13.5. The van der Waals surface area contributed by atoms with Gasteiger partial charge in [0.2, 0.25) is 0 Å². The minimum atomic E-state index is 0.242. The van der Waals surface area contributed by atoms with Crippen molar-refractivity contribution < 1.29 is 4.74 Å². The topological polar surface area (TPSA) is 50.3 Å². The Morgan fingerprint density at radius 1 is 1.18 bits per heavy atom. The molecule has 0 unspecified atom stereocenters. The molecule has 118 valence electrons. The lowest BCUT2D eigenvalue weighted by atomic mass is 10.2. The van der Waals surface area contributed by atoms with Crippen molar-refractivity contribution in [3.63, 3.8) is 0 Å². The molecule has 0 saturated carbocycles. The van der Waals surface area contributed by atoms with Crippen molar-refractivity contribution in [3.05, 3.63) is 35.1 Å². The molecule has 0 aliphatic rings. The van der Waals surface area contributed by atoms with Gasteiger partial charge in [0, 0.05) is 18.8 Å². The number of rotatable bonds is 5. The summed E-state index contributed by atoms with van der Waals surface area (Å²) in [7, 11) is 3.57. The lowest BCUT2D eigenvalue weighted by Crippen LogP contribution is -2.17. The first-order valence-electron chi connectivity index (χ1n) is 7.10. The second-order valence-corrected chi connectivity index (χ2v) is 5.69. The van der Waals surface area contributed by atoms with Gasteiger partial charge in [0.15, 0.2) is 11.6 Å². The molecule has 6 heteroatoms. The van der Waals surface area contributed by atoms with E-state index in [1.54, 1.807) is 7.11 Å². The quantitative estimate of drug-likeness (QED) is 0.901. The number of ether oxygens (including phenoxy) is 1. The Hall–Kier alpha value is -2.01. The van der Waals surface area contributed by atoms with Gasteiger partial charge >= 0.3 is 0 Å². The molecule has 0 amide bonds. The van der Waals surface area contributed by atoms with Crippen LogP contribution in [0.1, 0.15) is 19.7 Å². The van der Waals surface area contributed by atoms with E-state index in [0.717, 1.165) is 11.4 Å². The Morgan fingerprint density at radius 3 is 2.36 bits per heavy atom. The monoisotopic (exact) mass is 320 g/mol. The second-order valence-electron chi connectivity index (χ2n) is 5.31. The van der Waals surface area contributed by atoms with E-state index in [2.05, 4.69) is 15.3 Å². The molecule has 1 N–H and O–H groups in total. The molecule has 1 aromatic heterocycles. The number of hydrogen-bond donors (Lipinski definition) is 1. The van der Waals surface area contributed by atoms with Crippen LogP contribution < -0.4 is 15.0 Å². The standard InChI is InChI=1S/C16H21ClN4O/c1-10(2)18-15-14(17)16(20-11(3)19-15)21(4)12-6-8-13(22-5)9-7-12/h6-10H,1-5H3,(H,18,19,20). The number of anilines is 3. The van der Waals surface area contributed by atoms with Crippen LogP contribution in [0, 0.1) is 6.92 Å². The summed E-state index contributed by atoms with van der Waals surface area (Å²) in [5.41, 5.74) is 0.969. The average Bonchev–Trinajstić information content (AvgIpc) is 2.49. The summed E-state index contributed by atoms with van der Waals surface area (Å²) in [5, 5.41) is 3.76. The highest BCUT2D eigenvalue weighted by molar-refractivity contribution is 6.35.